The van der Waals surface area contributed by atoms with Gasteiger partial charge in [0.15, 0.2) is 0 Å². The third-order valence-corrected chi connectivity index (χ3v) is 4.38. The molecule has 0 spiro atoms. The second kappa shape index (κ2) is 14.6. The Labute approximate surface area is 156 Å². The molecular formula is C18H36N4O4. The maximum Gasteiger partial charge on any atom is 0.240 e. The van der Waals surface area contributed by atoms with Crippen molar-refractivity contribution in [2.24, 2.45) is 23.1 Å². The minimum atomic E-state index is -0.832. The van der Waals surface area contributed by atoms with Crippen molar-refractivity contribution in [2.75, 3.05) is 13.1 Å². The lowest BCUT2D eigenvalue weighted by atomic mass is 9.91. The molecule has 0 aromatic carbocycles. The first-order valence-electron chi connectivity index (χ1n) is 9.56. The van der Waals surface area contributed by atoms with Crippen LogP contribution < -0.4 is 22.5 Å². The summed E-state index contributed by atoms with van der Waals surface area (Å²) in [4.78, 5) is 35.6. The molecule has 0 aliphatic heterocycles. The minimum absolute atomic E-state index is 0.169. The van der Waals surface area contributed by atoms with E-state index in [9.17, 15) is 19.5 Å². The highest BCUT2D eigenvalue weighted by Crippen LogP contribution is 2.19. The summed E-state index contributed by atoms with van der Waals surface area (Å²) in [6.45, 7) is 2.65. The number of Topliss-reactive ketones (excluding diaryl/α,β-unsaturated/α-hetero) is 1. The van der Waals surface area contributed by atoms with E-state index in [2.05, 4.69) is 5.32 Å². The van der Waals surface area contributed by atoms with E-state index in [1.807, 2.05) is 6.92 Å². The normalized spacial score (nSPS) is 14.5. The van der Waals surface area contributed by atoms with Crippen LogP contribution in [0.15, 0.2) is 0 Å². The Balaban J connectivity index is 4.62. The van der Waals surface area contributed by atoms with Gasteiger partial charge in [-0.3, -0.25) is 14.4 Å². The van der Waals surface area contributed by atoms with Gasteiger partial charge in [0.2, 0.25) is 11.8 Å². The molecule has 3 atom stereocenters. The van der Waals surface area contributed by atoms with E-state index in [4.69, 9.17) is 17.2 Å². The number of amides is 2. The van der Waals surface area contributed by atoms with Gasteiger partial charge in [0, 0.05) is 12.8 Å². The lowest BCUT2D eigenvalue weighted by Crippen LogP contribution is -2.49. The highest BCUT2D eigenvalue weighted by Gasteiger charge is 2.28. The van der Waals surface area contributed by atoms with E-state index in [1.165, 1.54) is 0 Å². The van der Waals surface area contributed by atoms with Crippen molar-refractivity contribution in [1.29, 1.82) is 0 Å². The van der Waals surface area contributed by atoms with Crippen LogP contribution in [0, 0.1) is 5.92 Å². The molecule has 0 bridgehead atoms. The van der Waals surface area contributed by atoms with Gasteiger partial charge in [-0.05, 0) is 45.2 Å². The van der Waals surface area contributed by atoms with Crippen molar-refractivity contribution in [3.8, 4) is 0 Å². The third-order valence-electron chi connectivity index (χ3n) is 4.38. The number of aliphatic hydroxyl groups excluding tert-OH is 1. The van der Waals surface area contributed by atoms with Crippen molar-refractivity contribution in [3.63, 3.8) is 0 Å². The molecule has 0 aromatic rings. The number of hydrogen-bond acceptors (Lipinski definition) is 6. The number of nitrogens with two attached hydrogens (primary N) is 3. The number of nitrogens with one attached hydrogen (secondary N) is 1. The van der Waals surface area contributed by atoms with Crippen LogP contribution >= 0.6 is 0 Å². The maximum atomic E-state index is 12.5. The number of carbonyl (C=O) groups is 3. The first-order valence-corrected chi connectivity index (χ1v) is 9.56. The van der Waals surface area contributed by atoms with E-state index in [1.54, 1.807) is 0 Å². The van der Waals surface area contributed by atoms with Gasteiger partial charge in [0.25, 0.3) is 0 Å². The average molecular weight is 373 g/mol. The van der Waals surface area contributed by atoms with E-state index < -0.39 is 29.9 Å². The summed E-state index contributed by atoms with van der Waals surface area (Å²) < 4.78 is 0. The molecule has 8 N–H and O–H groups in total. The quantitative estimate of drug-likeness (QED) is 0.239. The SMILES string of the molecule is CCC[C@@H](O)[C@H](CCCCC(=O)CCCN)C(=O)N[C@@H](CCN)C(N)=O. The molecule has 0 fully saturated rings. The van der Waals surface area contributed by atoms with Crippen LogP contribution in [0.2, 0.25) is 0 Å². The number of unbranched alkanes of at least 4 members (excludes halogenated alkanes) is 1. The van der Waals surface area contributed by atoms with Gasteiger partial charge in [0.05, 0.1) is 12.0 Å². The van der Waals surface area contributed by atoms with Gasteiger partial charge >= 0.3 is 0 Å². The molecule has 2 amide bonds. The van der Waals surface area contributed by atoms with E-state index in [0.29, 0.717) is 51.5 Å². The molecule has 0 aliphatic carbocycles. The summed E-state index contributed by atoms with van der Waals surface area (Å²) in [7, 11) is 0. The molecule has 8 nitrogen and oxygen atoms in total. The smallest absolute Gasteiger partial charge is 0.240 e. The summed E-state index contributed by atoms with van der Waals surface area (Å²) in [5.74, 6) is -1.49. The molecule has 0 aliphatic rings. The average Bonchev–Trinajstić information content (AvgIpc) is 2.59. The first kappa shape index (κ1) is 24.5. The summed E-state index contributed by atoms with van der Waals surface area (Å²) in [5.41, 5.74) is 16.1. The highest BCUT2D eigenvalue weighted by molar-refractivity contribution is 5.87. The number of carbonyl (C=O) groups excluding carboxylic acids is 3. The molecule has 0 radical (unpaired) electrons. The second-order valence-electron chi connectivity index (χ2n) is 6.68. The van der Waals surface area contributed by atoms with Crippen molar-refractivity contribution in [3.05, 3.63) is 0 Å². The molecule has 152 valence electrons. The molecule has 26 heavy (non-hydrogen) atoms. The predicted octanol–water partition coefficient (Wildman–Crippen LogP) is -0.0491. The number of aliphatic hydroxyl groups is 1. The Morgan fingerprint density at radius 1 is 0.962 bits per heavy atom. The van der Waals surface area contributed by atoms with Gasteiger partial charge in [0.1, 0.15) is 11.8 Å². The zero-order valence-corrected chi connectivity index (χ0v) is 15.9. The summed E-state index contributed by atoms with van der Waals surface area (Å²) in [6.07, 6.45) is 4.08. The fraction of sp³-hybridized carbons (Fsp3) is 0.833. The fourth-order valence-electron chi connectivity index (χ4n) is 2.84. The predicted molar refractivity (Wildman–Crippen MR) is 101 cm³/mol. The molecule has 0 saturated heterocycles. The van der Waals surface area contributed by atoms with Crippen LogP contribution in [0.3, 0.4) is 0 Å². The maximum absolute atomic E-state index is 12.5. The zero-order chi connectivity index (χ0) is 19.9. The Morgan fingerprint density at radius 2 is 1.62 bits per heavy atom. The molecular weight excluding hydrogens is 336 g/mol. The van der Waals surface area contributed by atoms with Crippen LogP contribution in [0.5, 0.6) is 0 Å². The molecule has 8 heteroatoms. The van der Waals surface area contributed by atoms with Crippen LogP contribution in [0.25, 0.3) is 0 Å². The summed E-state index contributed by atoms with van der Waals surface area (Å²) in [5, 5.41) is 12.9. The largest absolute Gasteiger partial charge is 0.392 e. The van der Waals surface area contributed by atoms with Gasteiger partial charge < -0.3 is 27.6 Å². The summed E-state index contributed by atoms with van der Waals surface area (Å²) >= 11 is 0. The first-order chi connectivity index (χ1) is 12.4. The second-order valence-corrected chi connectivity index (χ2v) is 6.68. The standard InChI is InChI=1S/C18H36N4O4/c1-2-6-16(24)14(9-4-3-7-13(23)8-5-11-19)18(26)22-15(10-12-20)17(21)25/h14-16,24H,2-12,19-20H2,1H3,(H2,21,25)(H,22,26)/t14-,15-,16+/m0/s1. The number of rotatable bonds is 16. The van der Waals surface area contributed by atoms with Crippen molar-refractivity contribution >= 4 is 17.6 Å². The molecule has 0 saturated carbocycles. The van der Waals surface area contributed by atoms with E-state index >= 15 is 0 Å². The third kappa shape index (κ3) is 10.5. The molecule has 0 unspecified atom stereocenters. The Bertz CT molecular complexity index is 431. The lowest BCUT2D eigenvalue weighted by molar-refractivity contribution is -0.133. The minimum Gasteiger partial charge on any atom is -0.392 e. The van der Waals surface area contributed by atoms with E-state index in [-0.39, 0.29) is 18.7 Å². The number of primary amides is 1. The number of hydrogen-bond donors (Lipinski definition) is 5. The van der Waals surface area contributed by atoms with Crippen molar-refractivity contribution in [2.45, 2.75) is 76.9 Å². The number of ketones is 1. The Morgan fingerprint density at radius 3 is 2.15 bits per heavy atom. The van der Waals surface area contributed by atoms with E-state index in [0.717, 1.165) is 6.42 Å². The molecule has 0 heterocycles. The molecule has 0 rings (SSSR count). The fourth-order valence-corrected chi connectivity index (χ4v) is 2.84. The van der Waals surface area contributed by atoms with Gasteiger partial charge in [-0.1, -0.05) is 19.8 Å². The topological polar surface area (TPSA) is 162 Å². The van der Waals surface area contributed by atoms with Crippen LogP contribution in [-0.2, 0) is 14.4 Å². The van der Waals surface area contributed by atoms with Gasteiger partial charge in [-0.15, -0.1) is 0 Å². The summed E-state index contributed by atoms with van der Waals surface area (Å²) in [6, 6.07) is -0.832. The van der Waals surface area contributed by atoms with Crippen molar-refractivity contribution < 1.29 is 19.5 Å². The van der Waals surface area contributed by atoms with Crippen LogP contribution in [0.4, 0.5) is 0 Å². The van der Waals surface area contributed by atoms with Crippen molar-refractivity contribution in [1.82, 2.24) is 5.32 Å². The monoisotopic (exact) mass is 372 g/mol. The zero-order valence-electron chi connectivity index (χ0n) is 15.9. The highest BCUT2D eigenvalue weighted by atomic mass is 16.3. The van der Waals surface area contributed by atoms with Crippen LogP contribution in [0.1, 0.15) is 64.7 Å². The van der Waals surface area contributed by atoms with Gasteiger partial charge in [-0.2, -0.15) is 0 Å². The molecule has 0 aromatic heterocycles. The van der Waals surface area contributed by atoms with Gasteiger partial charge in [-0.25, -0.2) is 0 Å². The Kier molecular flexibility index (Phi) is 13.8. The van der Waals surface area contributed by atoms with Crippen LogP contribution in [-0.4, -0.2) is 47.9 Å². The Hall–Kier alpha value is -1.51. The lowest BCUT2D eigenvalue weighted by Gasteiger charge is -2.24.